The minimum absolute atomic E-state index is 0.454. The predicted octanol–water partition coefficient (Wildman–Crippen LogP) is 4.09. The maximum absolute atomic E-state index is 11.3. The molecule has 0 bridgehead atoms. The van der Waals surface area contributed by atoms with Gasteiger partial charge in [0, 0.05) is 16.7 Å². The van der Waals surface area contributed by atoms with Crippen LogP contribution in [-0.4, -0.2) is 33.5 Å². The lowest BCUT2D eigenvalue weighted by molar-refractivity contribution is 0.112. The number of hydrogen-bond donors (Lipinski definition) is 1. The Morgan fingerprint density at radius 2 is 2.00 bits per heavy atom. The monoisotopic (exact) mass is 379 g/mol. The average molecular weight is 379 g/mol. The summed E-state index contributed by atoms with van der Waals surface area (Å²) in [6, 6.07) is 7.45. The number of aliphatic hydroxyl groups excluding tert-OH is 1. The normalized spacial score (nSPS) is 12.4. The van der Waals surface area contributed by atoms with E-state index in [0.29, 0.717) is 22.5 Å². The van der Waals surface area contributed by atoms with Crippen LogP contribution in [0.4, 0.5) is 0 Å². The molecule has 0 amide bonds. The van der Waals surface area contributed by atoms with Gasteiger partial charge >= 0.3 is 0 Å². The number of rotatable bonds is 4. The molecule has 1 N–H and O–H groups in total. The number of hydrogen-bond acceptors (Lipinski definition) is 7. The van der Waals surface area contributed by atoms with E-state index in [1.54, 1.807) is 32.4 Å². The minimum Gasteiger partial charge on any atom is -0.480 e. The first kappa shape index (κ1) is 17.5. The van der Waals surface area contributed by atoms with Crippen molar-refractivity contribution in [3.05, 3.63) is 47.2 Å². The first-order valence-electron chi connectivity index (χ1n) is 8.39. The molecule has 2 heterocycles. The third-order valence-corrected chi connectivity index (χ3v) is 5.38. The SMILES string of the molecule is COc1cnc2c(-c3nc4c(C(C)O)cc(C=O)cc4s3)cc(C)cc2n1. The molecule has 4 aromatic rings. The molecule has 2 aromatic heterocycles. The van der Waals surface area contributed by atoms with E-state index in [0.717, 1.165) is 38.2 Å². The lowest BCUT2D eigenvalue weighted by atomic mass is 10.1. The second-order valence-corrected chi connectivity index (χ2v) is 7.39. The highest BCUT2D eigenvalue weighted by Crippen LogP contribution is 2.37. The van der Waals surface area contributed by atoms with Crippen LogP contribution in [0.3, 0.4) is 0 Å². The summed E-state index contributed by atoms with van der Waals surface area (Å²) in [5.74, 6) is 0.454. The van der Waals surface area contributed by atoms with Crippen molar-refractivity contribution in [3.63, 3.8) is 0 Å². The summed E-state index contributed by atoms with van der Waals surface area (Å²) in [5, 5.41) is 10.9. The number of nitrogens with zero attached hydrogens (tertiary/aromatic N) is 3. The van der Waals surface area contributed by atoms with Gasteiger partial charge in [-0.05, 0) is 43.7 Å². The van der Waals surface area contributed by atoms with Crippen molar-refractivity contribution in [1.82, 2.24) is 15.0 Å². The van der Waals surface area contributed by atoms with E-state index < -0.39 is 6.10 Å². The highest BCUT2D eigenvalue weighted by atomic mass is 32.1. The quantitative estimate of drug-likeness (QED) is 0.538. The van der Waals surface area contributed by atoms with Crippen LogP contribution in [0, 0.1) is 6.92 Å². The number of thiazole rings is 1. The van der Waals surface area contributed by atoms with Crippen molar-refractivity contribution in [3.8, 4) is 16.5 Å². The highest BCUT2D eigenvalue weighted by Gasteiger charge is 2.17. The molecule has 0 saturated heterocycles. The van der Waals surface area contributed by atoms with Gasteiger partial charge in [0.05, 0.1) is 40.7 Å². The summed E-state index contributed by atoms with van der Waals surface area (Å²) in [6.45, 7) is 3.66. The third-order valence-electron chi connectivity index (χ3n) is 4.34. The van der Waals surface area contributed by atoms with Crippen LogP contribution in [0.5, 0.6) is 5.88 Å². The van der Waals surface area contributed by atoms with Gasteiger partial charge in [-0.25, -0.2) is 15.0 Å². The van der Waals surface area contributed by atoms with E-state index in [2.05, 4.69) is 9.97 Å². The van der Waals surface area contributed by atoms with E-state index >= 15 is 0 Å². The van der Waals surface area contributed by atoms with Gasteiger partial charge in [0.25, 0.3) is 0 Å². The van der Waals surface area contributed by atoms with Gasteiger partial charge in [-0.15, -0.1) is 11.3 Å². The molecule has 2 aromatic carbocycles. The van der Waals surface area contributed by atoms with E-state index in [1.165, 1.54) is 11.3 Å². The van der Waals surface area contributed by atoms with Crippen LogP contribution >= 0.6 is 11.3 Å². The number of aromatic nitrogens is 3. The van der Waals surface area contributed by atoms with Crippen LogP contribution in [0.15, 0.2) is 30.5 Å². The van der Waals surface area contributed by atoms with E-state index in [1.807, 2.05) is 19.1 Å². The van der Waals surface area contributed by atoms with Crippen LogP contribution in [0.1, 0.15) is 34.5 Å². The minimum atomic E-state index is -0.722. The fourth-order valence-corrected chi connectivity index (χ4v) is 4.15. The van der Waals surface area contributed by atoms with Crippen molar-refractivity contribution in [2.75, 3.05) is 7.11 Å². The summed E-state index contributed by atoms with van der Waals surface area (Å²) in [4.78, 5) is 25.0. The Bertz CT molecular complexity index is 1180. The molecule has 0 aliphatic carbocycles. The Morgan fingerprint density at radius 1 is 1.19 bits per heavy atom. The number of aryl methyl sites for hydroxylation is 1. The molecular weight excluding hydrogens is 362 g/mol. The van der Waals surface area contributed by atoms with Gasteiger partial charge in [-0.2, -0.15) is 0 Å². The first-order valence-corrected chi connectivity index (χ1v) is 9.21. The Kier molecular flexibility index (Phi) is 4.33. The fraction of sp³-hybridized carbons (Fsp3) is 0.200. The molecule has 136 valence electrons. The molecule has 1 unspecified atom stereocenters. The third kappa shape index (κ3) is 3.05. The molecule has 0 radical (unpaired) electrons. The molecular formula is C20H17N3O3S. The topological polar surface area (TPSA) is 85.2 Å². The number of methoxy groups -OCH3 is 1. The molecule has 0 spiro atoms. The standard InChI is InChI=1S/C20H17N3O3S/c1-10-4-14(18-15(5-10)22-17(26-3)8-21-18)20-23-19-13(11(2)25)6-12(9-24)7-16(19)27-20/h4-9,11,25H,1-3H3. The molecule has 0 aliphatic rings. The molecule has 27 heavy (non-hydrogen) atoms. The van der Waals surface area contributed by atoms with Crippen molar-refractivity contribution >= 4 is 38.9 Å². The fourth-order valence-electron chi connectivity index (χ4n) is 3.09. The molecule has 6 nitrogen and oxygen atoms in total. The maximum atomic E-state index is 11.3. The Balaban J connectivity index is 2.00. The van der Waals surface area contributed by atoms with Gasteiger partial charge in [-0.3, -0.25) is 4.79 Å². The zero-order valence-corrected chi connectivity index (χ0v) is 15.9. The van der Waals surface area contributed by atoms with E-state index in [9.17, 15) is 9.90 Å². The molecule has 4 rings (SSSR count). The summed E-state index contributed by atoms with van der Waals surface area (Å²) >= 11 is 1.46. The molecule has 1 atom stereocenters. The second kappa shape index (κ2) is 6.68. The van der Waals surface area contributed by atoms with Crippen molar-refractivity contribution in [1.29, 1.82) is 0 Å². The summed E-state index contributed by atoms with van der Waals surface area (Å²) in [5.41, 5.74) is 5.22. The highest BCUT2D eigenvalue weighted by molar-refractivity contribution is 7.21. The van der Waals surface area contributed by atoms with Crippen molar-refractivity contribution in [2.24, 2.45) is 0 Å². The number of aliphatic hydroxyl groups is 1. The van der Waals surface area contributed by atoms with Crippen molar-refractivity contribution < 1.29 is 14.6 Å². The van der Waals surface area contributed by atoms with Crippen LogP contribution < -0.4 is 4.74 Å². The van der Waals surface area contributed by atoms with Crippen LogP contribution in [0.2, 0.25) is 0 Å². The number of carbonyl (C=O) groups excluding carboxylic acids is 1. The summed E-state index contributed by atoms with van der Waals surface area (Å²) in [6.07, 6.45) is 1.64. The Labute approximate surface area is 159 Å². The van der Waals surface area contributed by atoms with Crippen LogP contribution in [0.25, 0.3) is 31.8 Å². The zero-order valence-electron chi connectivity index (χ0n) is 15.1. The maximum Gasteiger partial charge on any atom is 0.232 e. The van der Waals surface area contributed by atoms with Gasteiger partial charge in [0.1, 0.15) is 11.3 Å². The zero-order chi connectivity index (χ0) is 19.1. The number of aldehydes is 1. The van der Waals surface area contributed by atoms with E-state index in [4.69, 9.17) is 9.72 Å². The average Bonchev–Trinajstić information content (AvgIpc) is 3.09. The number of ether oxygens (including phenoxy) is 1. The van der Waals surface area contributed by atoms with Gasteiger partial charge in [-0.1, -0.05) is 0 Å². The van der Waals surface area contributed by atoms with Gasteiger partial charge < -0.3 is 9.84 Å². The largest absolute Gasteiger partial charge is 0.480 e. The summed E-state index contributed by atoms with van der Waals surface area (Å²) in [7, 11) is 1.56. The van der Waals surface area contributed by atoms with Gasteiger partial charge in [0.2, 0.25) is 5.88 Å². The molecule has 0 fully saturated rings. The number of fused-ring (bicyclic) bond motifs is 2. The second-order valence-electron chi connectivity index (χ2n) is 6.36. The molecule has 0 aliphatic heterocycles. The summed E-state index contributed by atoms with van der Waals surface area (Å²) < 4.78 is 6.02. The Hall–Kier alpha value is -2.90. The lowest BCUT2D eigenvalue weighted by Crippen LogP contribution is -1.95. The smallest absolute Gasteiger partial charge is 0.232 e. The lowest BCUT2D eigenvalue weighted by Gasteiger charge is -2.07. The predicted molar refractivity (Wildman–Crippen MR) is 105 cm³/mol. The molecule has 0 saturated carbocycles. The number of benzene rings is 2. The van der Waals surface area contributed by atoms with Gasteiger partial charge in [0.15, 0.2) is 0 Å². The first-order chi connectivity index (χ1) is 13.0. The van der Waals surface area contributed by atoms with Crippen LogP contribution in [-0.2, 0) is 0 Å². The van der Waals surface area contributed by atoms with E-state index in [-0.39, 0.29) is 0 Å². The number of carbonyl (C=O) groups is 1. The Morgan fingerprint density at radius 3 is 2.70 bits per heavy atom. The van der Waals surface area contributed by atoms with Crippen molar-refractivity contribution in [2.45, 2.75) is 20.0 Å². The molecule has 7 heteroatoms.